The third kappa shape index (κ3) is 3.61. The lowest BCUT2D eigenvalue weighted by molar-refractivity contribution is -0.161. The smallest absolute Gasteiger partial charge is 0.308 e. The lowest BCUT2D eigenvalue weighted by atomic mass is 9.79. The normalized spacial score (nSPS) is 24.6. The Hall–Kier alpha value is -1.75. The maximum atomic E-state index is 12.0. The third-order valence-corrected chi connectivity index (χ3v) is 6.08. The number of aliphatic hydroxyl groups excluding tert-OH is 1. The van der Waals surface area contributed by atoms with Gasteiger partial charge in [-0.05, 0) is 37.8 Å². The second-order valence-corrected chi connectivity index (χ2v) is 9.61. The molecule has 0 amide bonds. The first-order valence-electron chi connectivity index (χ1n) is 10.4. The second-order valence-electron chi connectivity index (χ2n) is 9.61. The summed E-state index contributed by atoms with van der Waals surface area (Å²) in [6.07, 6.45) is 0.426. The Morgan fingerprint density at radius 1 is 1.18 bits per heavy atom. The van der Waals surface area contributed by atoms with Crippen molar-refractivity contribution in [1.82, 2.24) is 0 Å². The highest BCUT2D eigenvalue weighted by Crippen LogP contribution is 2.51. The van der Waals surface area contributed by atoms with Gasteiger partial charge >= 0.3 is 5.97 Å². The van der Waals surface area contributed by atoms with Gasteiger partial charge < -0.3 is 19.5 Å². The monoisotopic (exact) mass is 389 g/mol. The molecule has 1 unspecified atom stereocenters. The Kier molecular flexibility index (Phi) is 5.43. The van der Waals surface area contributed by atoms with E-state index in [0.717, 1.165) is 17.7 Å². The van der Waals surface area contributed by atoms with E-state index < -0.39 is 6.10 Å². The number of anilines is 1. The predicted molar refractivity (Wildman–Crippen MR) is 112 cm³/mol. The Bertz CT molecular complexity index is 782. The summed E-state index contributed by atoms with van der Waals surface area (Å²) >= 11 is 0. The van der Waals surface area contributed by atoms with E-state index in [1.807, 2.05) is 0 Å². The summed E-state index contributed by atoms with van der Waals surface area (Å²) in [5, 5.41) is 10.1. The number of ether oxygens (including phenoxy) is 2. The van der Waals surface area contributed by atoms with Gasteiger partial charge in [0.25, 0.3) is 0 Å². The number of hydrogen-bond donors (Lipinski definition) is 1. The van der Waals surface area contributed by atoms with Crippen LogP contribution < -0.4 is 9.64 Å². The summed E-state index contributed by atoms with van der Waals surface area (Å²) in [5.41, 5.74) is 5.89. The topological polar surface area (TPSA) is 59.0 Å². The Balaban J connectivity index is 2.23. The van der Waals surface area contributed by atoms with Crippen LogP contribution in [-0.2, 0) is 16.0 Å². The molecule has 1 saturated heterocycles. The van der Waals surface area contributed by atoms with Crippen LogP contribution in [0.2, 0.25) is 0 Å². The van der Waals surface area contributed by atoms with Crippen molar-refractivity contribution in [2.24, 2.45) is 0 Å². The molecule has 3 atom stereocenters. The van der Waals surface area contributed by atoms with E-state index in [9.17, 15) is 9.90 Å². The van der Waals surface area contributed by atoms with Crippen molar-refractivity contribution >= 4 is 11.7 Å². The predicted octanol–water partition coefficient (Wildman–Crippen LogP) is 4.07. The van der Waals surface area contributed by atoms with Gasteiger partial charge in [-0.15, -0.1) is 0 Å². The Morgan fingerprint density at radius 3 is 2.36 bits per heavy atom. The first kappa shape index (κ1) is 21.0. The highest BCUT2D eigenvalue weighted by atomic mass is 16.5. The quantitative estimate of drug-likeness (QED) is 0.787. The molecule has 2 heterocycles. The molecule has 28 heavy (non-hydrogen) atoms. The van der Waals surface area contributed by atoms with Crippen LogP contribution in [0.5, 0.6) is 5.75 Å². The largest absolute Gasteiger partial charge is 0.487 e. The van der Waals surface area contributed by atoms with Crippen LogP contribution in [0.4, 0.5) is 5.69 Å². The molecule has 1 aromatic carbocycles. The zero-order valence-corrected chi connectivity index (χ0v) is 18.5. The lowest BCUT2D eigenvalue weighted by Gasteiger charge is -2.35. The van der Waals surface area contributed by atoms with Gasteiger partial charge in [0.2, 0.25) is 0 Å². The first-order valence-corrected chi connectivity index (χ1v) is 10.4. The zero-order chi connectivity index (χ0) is 21.0. The van der Waals surface area contributed by atoms with Gasteiger partial charge in [0.15, 0.2) is 0 Å². The van der Waals surface area contributed by atoms with Gasteiger partial charge in [-0.2, -0.15) is 0 Å². The van der Waals surface area contributed by atoms with Crippen LogP contribution in [0, 0.1) is 6.92 Å². The highest BCUT2D eigenvalue weighted by Gasteiger charge is 2.41. The van der Waals surface area contributed by atoms with Gasteiger partial charge in [-0.25, -0.2) is 0 Å². The lowest BCUT2D eigenvalue weighted by Crippen LogP contribution is -2.36. The molecule has 5 nitrogen and oxygen atoms in total. The number of carbonyl (C=O) groups is 1. The number of fused-ring (bicyclic) bond motifs is 1. The molecule has 1 N–H and O–H groups in total. The molecule has 0 spiro atoms. The van der Waals surface area contributed by atoms with Crippen LogP contribution in [-0.4, -0.2) is 43.0 Å². The molecule has 1 fully saturated rings. The summed E-state index contributed by atoms with van der Waals surface area (Å²) in [6, 6.07) is 0. The van der Waals surface area contributed by atoms with E-state index >= 15 is 0 Å². The minimum Gasteiger partial charge on any atom is -0.487 e. The highest BCUT2D eigenvalue weighted by molar-refractivity contribution is 5.73. The van der Waals surface area contributed by atoms with Gasteiger partial charge in [0, 0.05) is 49.7 Å². The van der Waals surface area contributed by atoms with Gasteiger partial charge in [0.1, 0.15) is 17.5 Å². The van der Waals surface area contributed by atoms with Crippen molar-refractivity contribution in [3.05, 3.63) is 22.3 Å². The molecular formula is C23H35NO4. The first-order chi connectivity index (χ1) is 12.9. The molecule has 2 aliphatic rings. The molecule has 2 aliphatic heterocycles. The van der Waals surface area contributed by atoms with E-state index in [1.54, 1.807) is 0 Å². The summed E-state index contributed by atoms with van der Waals surface area (Å²) in [5.74, 6) is 0.869. The fourth-order valence-electron chi connectivity index (χ4n) is 4.91. The number of hydrogen-bond acceptors (Lipinski definition) is 5. The van der Waals surface area contributed by atoms with E-state index in [-0.39, 0.29) is 35.9 Å². The number of esters is 1. The number of benzene rings is 1. The number of carbonyl (C=O) groups excluding carboxylic acids is 1. The minimum absolute atomic E-state index is 0.0572. The van der Waals surface area contributed by atoms with Crippen molar-refractivity contribution in [3.8, 4) is 5.75 Å². The molecule has 156 valence electrons. The van der Waals surface area contributed by atoms with E-state index in [2.05, 4.69) is 60.5 Å². The zero-order valence-electron chi connectivity index (χ0n) is 18.5. The van der Waals surface area contributed by atoms with Crippen molar-refractivity contribution in [3.63, 3.8) is 0 Å². The molecule has 3 rings (SSSR count). The molecular weight excluding hydrogens is 354 g/mol. The molecule has 1 aromatic rings. The van der Waals surface area contributed by atoms with Gasteiger partial charge in [-0.3, -0.25) is 4.79 Å². The summed E-state index contributed by atoms with van der Waals surface area (Å²) in [6.45, 7) is 12.9. The second kappa shape index (κ2) is 7.25. The average molecular weight is 390 g/mol. The van der Waals surface area contributed by atoms with Crippen LogP contribution in [0.3, 0.4) is 0 Å². The van der Waals surface area contributed by atoms with Gasteiger partial charge in [-0.1, -0.05) is 20.8 Å². The van der Waals surface area contributed by atoms with Crippen LogP contribution in [0.1, 0.15) is 81.5 Å². The Morgan fingerprint density at radius 2 is 1.82 bits per heavy atom. The number of aliphatic hydroxyl groups is 1. The minimum atomic E-state index is -0.639. The van der Waals surface area contributed by atoms with Crippen molar-refractivity contribution in [2.75, 3.05) is 19.0 Å². The molecule has 5 heteroatoms. The fourth-order valence-corrected chi connectivity index (χ4v) is 4.91. The van der Waals surface area contributed by atoms with E-state index in [0.29, 0.717) is 6.42 Å². The maximum absolute atomic E-state index is 12.0. The van der Waals surface area contributed by atoms with Crippen molar-refractivity contribution < 1.29 is 19.4 Å². The Labute approximate surface area is 169 Å². The van der Waals surface area contributed by atoms with E-state index in [1.165, 1.54) is 22.4 Å². The number of rotatable bonds is 4. The van der Waals surface area contributed by atoms with Crippen LogP contribution in [0.15, 0.2) is 0 Å². The fraction of sp³-hybridized carbons (Fsp3) is 0.696. The van der Waals surface area contributed by atoms with Gasteiger partial charge in [0.05, 0.1) is 12.5 Å². The molecule has 0 radical (unpaired) electrons. The third-order valence-electron chi connectivity index (χ3n) is 6.08. The van der Waals surface area contributed by atoms with Crippen molar-refractivity contribution in [1.29, 1.82) is 0 Å². The maximum Gasteiger partial charge on any atom is 0.308 e. The van der Waals surface area contributed by atoms with Crippen molar-refractivity contribution in [2.45, 2.75) is 90.4 Å². The van der Waals surface area contributed by atoms with Crippen LogP contribution in [0.25, 0.3) is 0 Å². The molecule has 0 aliphatic carbocycles. The number of nitrogens with zero attached hydrogens (tertiary/aromatic N) is 1. The number of cyclic esters (lactones) is 1. The molecule has 0 bridgehead atoms. The SMILES string of the molecule is Cc1c2c(c(C(C)[C@@H]3C[C@@H](O)CC(=O)O3)c(C(C)C)c1N(C)C)OC(C)(C)C2. The summed E-state index contributed by atoms with van der Waals surface area (Å²) < 4.78 is 12.2. The molecule has 0 aromatic heterocycles. The standard InChI is InChI=1S/C23H35NO4/c1-12(2)19-20(14(4)17-9-15(25)10-18(26)27-17)22-16(11-23(5,6)28-22)13(3)21(19)24(7)8/h12,14-15,17,25H,9-11H2,1-8H3/t14?,15-,17+/m1/s1. The summed E-state index contributed by atoms with van der Waals surface area (Å²) in [7, 11) is 4.17. The van der Waals surface area contributed by atoms with E-state index in [4.69, 9.17) is 9.47 Å². The average Bonchev–Trinajstić information content (AvgIpc) is 2.88. The summed E-state index contributed by atoms with van der Waals surface area (Å²) in [4.78, 5) is 14.2. The molecule has 0 saturated carbocycles. The van der Waals surface area contributed by atoms with Crippen LogP contribution >= 0.6 is 0 Å².